The number of benzene rings is 1. The molecule has 0 bridgehead atoms. The molecular weight excluding hydrogens is 250 g/mol. The van der Waals surface area contributed by atoms with Crippen molar-refractivity contribution in [2.45, 2.75) is 12.5 Å². The zero-order valence-electron chi connectivity index (χ0n) is 9.00. The number of carbonyl (C=O) groups is 1. The van der Waals surface area contributed by atoms with Gasteiger partial charge in [-0.25, -0.2) is 8.78 Å². The van der Waals surface area contributed by atoms with Crippen LogP contribution in [0.3, 0.4) is 0 Å². The van der Waals surface area contributed by atoms with E-state index in [0.717, 1.165) is 31.6 Å². The molecule has 6 heteroatoms. The molecule has 2 N–H and O–H groups in total. The molecule has 1 aromatic rings. The lowest BCUT2D eigenvalue weighted by Crippen LogP contribution is -2.36. The standard InChI is InChI=1S/C11H12F2N2O.ClH/c12-9-2-1-7(5-10(9)13)11(16)15-8-3-4-14-6-8;/h1-2,5,8,14H,3-4,6H2,(H,15,16);1H. The topological polar surface area (TPSA) is 41.1 Å². The average Bonchev–Trinajstić information content (AvgIpc) is 2.74. The lowest BCUT2D eigenvalue weighted by atomic mass is 10.1. The summed E-state index contributed by atoms with van der Waals surface area (Å²) in [5, 5.41) is 5.85. The molecule has 94 valence electrons. The van der Waals surface area contributed by atoms with Crippen molar-refractivity contribution >= 4 is 18.3 Å². The van der Waals surface area contributed by atoms with Gasteiger partial charge in [-0.15, -0.1) is 12.4 Å². The molecule has 0 radical (unpaired) electrons. The van der Waals surface area contributed by atoms with Crippen LogP contribution in [-0.2, 0) is 0 Å². The van der Waals surface area contributed by atoms with Gasteiger partial charge in [0.05, 0.1) is 0 Å². The highest BCUT2D eigenvalue weighted by atomic mass is 35.5. The summed E-state index contributed by atoms with van der Waals surface area (Å²) in [4.78, 5) is 11.6. The monoisotopic (exact) mass is 262 g/mol. The van der Waals surface area contributed by atoms with E-state index in [4.69, 9.17) is 0 Å². The molecule has 1 saturated heterocycles. The fraction of sp³-hybridized carbons (Fsp3) is 0.364. The Bertz CT molecular complexity index is 408. The molecule has 1 unspecified atom stereocenters. The van der Waals surface area contributed by atoms with Gasteiger partial charge in [-0.2, -0.15) is 0 Å². The quantitative estimate of drug-likeness (QED) is 0.848. The van der Waals surface area contributed by atoms with Crippen LogP contribution in [0.4, 0.5) is 8.78 Å². The SMILES string of the molecule is Cl.O=C(NC1CCNC1)c1ccc(F)c(F)c1. The first-order chi connectivity index (χ1) is 7.66. The molecule has 1 fully saturated rings. The van der Waals surface area contributed by atoms with E-state index in [2.05, 4.69) is 10.6 Å². The van der Waals surface area contributed by atoms with Gasteiger partial charge in [-0.1, -0.05) is 0 Å². The Morgan fingerprint density at radius 1 is 1.35 bits per heavy atom. The van der Waals surface area contributed by atoms with E-state index < -0.39 is 11.6 Å². The van der Waals surface area contributed by atoms with Gasteiger partial charge in [0, 0.05) is 18.2 Å². The number of rotatable bonds is 2. The maximum Gasteiger partial charge on any atom is 0.251 e. The molecule has 0 aromatic heterocycles. The summed E-state index contributed by atoms with van der Waals surface area (Å²) in [5.41, 5.74) is 0.144. The molecule has 2 rings (SSSR count). The molecule has 0 saturated carbocycles. The lowest BCUT2D eigenvalue weighted by Gasteiger charge is -2.11. The molecule has 0 spiro atoms. The highest BCUT2D eigenvalue weighted by Crippen LogP contribution is 2.09. The predicted octanol–water partition coefficient (Wildman–Crippen LogP) is 1.48. The summed E-state index contributed by atoms with van der Waals surface area (Å²) >= 11 is 0. The van der Waals surface area contributed by atoms with Crippen LogP contribution in [0.1, 0.15) is 16.8 Å². The maximum atomic E-state index is 12.9. The van der Waals surface area contributed by atoms with Gasteiger partial charge in [-0.3, -0.25) is 4.79 Å². The van der Waals surface area contributed by atoms with E-state index in [1.165, 1.54) is 6.07 Å². The summed E-state index contributed by atoms with van der Waals surface area (Å²) in [7, 11) is 0. The molecule has 1 atom stereocenters. The predicted molar refractivity (Wildman–Crippen MR) is 62.3 cm³/mol. The molecule has 1 aromatic carbocycles. The minimum Gasteiger partial charge on any atom is -0.348 e. The first kappa shape index (κ1) is 13.9. The van der Waals surface area contributed by atoms with Gasteiger partial charge in [-0.05, 0) is 31.2 Å². The van der Waals surface area contributed by atoms with Crippen molar-refractivity contribution in [3.05, 3.63) is 35.4 Å². The Kier molecular flexibility index (Phi) is 4.84. The third-order valence-corrected chi connectivity index (χ3v) is 2.58. The first-order valence-corrected chi connectivity index (χ1v) is 5.13. The van der Waals surface area contributed by atoms with Crippen LogP contribution in [0.25, 0.3) is 0 Å². The molecule has 3 nitrogen and oxygen atoms in total. The molecular formula is C11H13ClF2N2O. The van der Waals surface area contributed by atoms with Crippen molar-refractivity contribution in [3.8, 4) is 0 Å². The van der Waals surface area contributed by atoms with E-state index in [-0.39, 0.29) is 29.9 Å². The van der Waals surface area contributed by atoms with E-state index >= 15 is 0 Å². The number of hydrogen-bond donors (Lipinski definition) is 2. The third-order valence-electron chi connectivity index (χ3n) is 2.58. The van der Waals surface area contributed by atoms with Crippen LogP contribution in [0.5, 0.6) is 0 Å². The molecule has 1 heterocycles. The number of nitrogens with one attached hydrogen (secondary N) is 2. The second-order valence-electron chi connectivity index (χ2n) is 3.79. The zero-order chi connectivity index (χ0) is 11.5. The summed E-state index contributed by atoms with van der Waals surface area (Å²) in [6.07, 6.45) is 0.857. The Morgan fingerprint density at radius 3 is 2.71 bits per heavy atom. The van der Waals surface area contributed by atoms with Crippen molar-refractivity contribution in [3.63, 3.8) is 0 Å². The fourth-order valence-corrected chi connectivity index (χ4v) is 1.68. The van der Waals surface area contributed by atoms with Gasteiger partial charge < -0.3 is 10.6 Å². The second-order valence-corrected chi connectivity index (χ2v) is 3.79. The van der Waals surface area contributed by atoms with E-state index in [9.17, 15) is 13.6 Å². The smallest absolute Gasteiger partial charge is 0.251 e. The van der Waals surface area contributed by atoms with E-state index in [1.807, 2.05) is 0 Å². The Morgan fingerprint density at radius 2 is 2.12 bits per heavy atom. The molecule has 1 aliphatic heterocycles. The van der Waals surface area contributed by atoms with Gasteiger partial charge in [0.15, 0.2) is 11.6 Å². The van der Waals surface area contributed by atoms with E-state index in [1.54, 1.807) is 0 Å². The van der Waals surface area contributed by atoms with Gasteiger partial charge in [0.25, 0.3) is 5.91 Å². The number of carbonyl (C=O) groups excluding carboxylic acids is 1. The second kappa shape index (κ2) is 5.93. The lowest BCUT2D eigenvalue weighted by molar-refractivity contribution is 0.0939. The minimum atomic E-state index is -1.00. The zero-order valence-corrected chi connectivity index (χ0v) is 9.82. The number of amides is 1. The van der Waals surface area contributed by atoms with Crippen molar-refractivity contribution in [1.82, 2.24) is 10.6 Å². The van der Waals surface area contributed by atoms with Crippen LogP contribution in [0, 0.1) is 11.6 Å². The third kappa shape index (κ3) is 3.38. The van der Waals surface area contributed by atoms with Gasteiger partial charge in [0.2, 0.25) is 0 Å². The van der Waals surface area contributed by atoms with Crippen molar-refractivity contribution in [1.29, 1.82) is 0 Å². The highest BCUT2D eigenvalue weighted by molar-refractivity contribution is 5.94. The van der Waals surface area contributed by atoms with E-state index in [0.29, 0.717) is 0 Å². The van der Waals surface area contributed by atoms with Crippen LogP contribution >= 0.6 is 12.4 Å². The van der Waals surface area contributed by atoms with Crippen LogP contribution < -0.4 is 10.6 Å². The normalized spacial score (nSPS) is 18.6. The van der Waals surface area contributed by atoms with Crippen molar-refractivity contribution in [2.75, 3.05) is 13.1 Å². The highest BCUT2D eigenvalue weighted by Gasteiger charge is 2.18. The van der Waals surface area contributed by atoms with Crippen LogP contribution in [-0.4, -0.2) is 25.0 Å². The largest absolute Gasteiger partial charge is 0.348 e. The summed E-state index contributed by atoms with van der Waals surface area (Å²) in [6.45, 7) is 1.58. The number of halogens is 3. The van der Waals surface area contributed by atoms with Crippen LogP contribution in [0.2, 0.25) is 0 Å². The number of hydrogen-bond acceptors (Lipinski definition) is 2. The van der Waals surface area contributed by atoms with Gasteiger partial charge >= 0.3 is 0 Å². The van der Waals surface area contributed by atoms with Crippen molar-refractivity contribution < 1.29 is 13.6 Å². The van der Waals surface area contributed by atoms with Crippen LogP contribution in [0.15, 0.2) is 18.2 Å². The van der Waals surface area contributed by atoms with Crippen molar-refractivity contribution in [2.24, 2.45) is 0 Å². The summed E-state index contributed by atoms with van der Waals surface area (Å²) in [6, 6.07) is 3.21. The summed E-state index contributed by atoms with van der Waals surface area (Å²) < 4.78 is 25.5. The molecule has 0 aliphatic carbocycles. The summed E-state index contributed by atoms with van der Waals surface area (Å²) in [5.74, 6) is -2.32. The Hall–Kier alpha value is -1.20. The molecule has 17 heavy (non-hydrogen) atoms. The average molecular weight is 263 g/mol. The fourth-order valence-electron chi connectivity index (χ4n) is 1.68. The first-order valence-electron chi connectivity index (χ1n) is 5.13. The maximum absolute atomic E-state index is 12.9. The molecule has 1 amide bonds. The Labute approximate surface area is 104 Å². The minimum absolute atomic E-state index is 0. The molecule has 1 aliphatic rings. The Balaban J connectivity index is 0.00000144. The van der Waals surface area contributed by atoms with Gasteiger partial charge in [0.1, 0.15) is 0 Å².